The van der Waals surface area contributed by atoms with Crippen molar-refractivity contribution < 1.29 is 13.0 Å². The molecule has 0 saturated carbocycles. The van der Waals surface area contributed by atoms with Gasteiger partial charge in [-0.2, -0.15) is 0 Å². The lowest BCUT2D eigenvalue weighted by Gasteiger charge is -2.32. The molecule has 0 atom stereocenters. The van der Waals surface area contributed by atoms with Gasteiger partial charge in [0.2, 0.25) is 0 Å². The average Bonchev–Trinajstić information content (AvgIpc) is 2.44. The first-order valence-corrected chi connectivity index (χ1v) is 15.4. The van der Waals surface area contributed by atoms with Gasteiger partial charge in [-0.3, -0.25) is 0 Å². The Hall–Kier alpha value is 0.314. The van der Waals surface area contributed by atoms with Crippen molar-refractivity contribution in [1.82, 2.24) is 0 Å². The minimum Gasteiger partial charge on any atom is -0.415 e. The summed E-state index contributed by atoms with van der Waals surface area (Å²) >= 11 is 0. The van der Waals surface area contributed by atoms with Crippen molar-refractivity contribution >= 4 is 17.1 Å². The standard InChI is InChI=1S/C18H42O3Si2/c1-7-9-11-12-13-14-15-16-18-20-23(5,6)21-22(3,4)19-17-10-8-2/h7-18H2,1-6H3. The van der Waals surface area contributed by atoms with Crippen LogP contribution in [-0.4, -0.2) is 30.3 Å². The molecule has 3 nitrogen and oxygen atoms in total. The maximum Gasteiger partial charge on any atom is 0.322 e. The second-order valence-electron chi connectivity index (χ2n) is 7.43. The normalized spacial score (nSPS) is 12.8. The van der Waals surface area contributed by atoms with Gasteiger partial charge < -0.3 is 13.0 Å². The van der Waals surface area contributed by atoms with Gasteiger partial charge in [0.05, 0.1) is 0 Å². The van der Waals surface area contributed by atoms with Crippen LogP contribution < -0.4 is 0 Å². The lowest BCUT2D eigenvalue weighted by atomic mass is 10.1. The van der Waals surface area contributed by atoms with Crippen LogP contribution in [0.5, 0.6) is 0 Å². The first kappa shape index (κ1) is 23.3. The summed E-state index contributed by atoms with van der Waals surface area (Å²) in [4.78, 5) is 0. The molecule has 0 rings (SSSR count). The second-order valence-corrected chi connectivity index (χ2v) is 14.4. The van der Waals surface area contributed by atoms with Crippen LogP contribution in [0.3, 0.4) is 0 Å². The molecule has 140 valence electrons. The molecular formula is C18H42O3Si2. The zero-order chi connectivity index (χ0) is 17.6. The van der Waals surface area contributed by atoms with Crippen LogP contribution in [0.1, 0.15) is 78.1 Å². The average molecular weight is 363 g/mol. The highest BCUT2D eigenvalue weighted by molar-refractivity contribution is 6.78. The Bertz CT molecular complexity index is 271. The van der Waals surface area contributed by atoms with Gasteiger partial charge in [0.1, 0.15) is 0 Å². The van der Waals surface area contributed by atoms with Gasteiger partial charge in [-0.05, 0) is 39.0 Å². The minimum absolute atomic E-state index is 0.818. The zero-order valence-corrected chi connectivity index (χ0v) is 18.7. The smallest absolute Gasteiger partial charge is 0.322 e. The van der Waals surface area contributed by atoms with Crippen molar-refractivity contribution in [3.05, 3.63) is 0 Å². The third-order valence-corrected chi connectivity index (χ3v) is 9.62. The highest BCUT2D eigenvalue weighted by Crippen LogP contribution is 2.18. The van der Waals surface area contributed by atoms with Crippen molar-refractivity contribution in [2.24, 2.45) is 0 Å². The molecule has 0 heterocycles. The molecule has 0 N–H and O–H groups in total. The quantitative estimate of drug-likeness (QED) is 0.235. The molecule has 0 aliphatic heterocycles. The van der Waals surface area contributed by atoms with E-state index in [4.69, 9.17) is 13.0 Å². The molecule has 0 unspecified atom stereocenters. The number of hydrogen-bond acceptors (Lipinski definition) is 3. The molecule has 0 fully saturated rings. The van der Waals surface area contributed by atoms with E-state index in [0.29, 0.717) is 0 Å². The van der Waals surface area contributed by atoms with Gasteiger partial charge in [0.15, 0.2) is 0 Å². The molecule has 0 spiro atoms. The fourth-order valence-corrected chi connectivity index (χ4v) is 9.15. The zero-order valence-electron chi connectivity index (χ0n) is 16.7. The summed E-state index contributed by atoms with van der Waals surface area (Å²) in [6.07, 6.45) is 13.0. The lowest BCUT2D eigenvalue weighted by molar-refractivity contribution is 0.191. The van der Waals surface area contributed by atoms with Crippen molar-refractivity contribution in [3.8, 4) is 0 Å². The number of hydrogen-bond donors (Lipinski definition) is 0. The van der Waals surface area contributed by atoms with Gasteiger partial charge in [0.25, 0.3) is 0 Å². The van der Waals surface area contributed by atoms with Crippen molar-refractivity contribution in [2.75, 3.05) is 13.2 Å². The van der Waals surface area contributed by atoms with E-state index in [2.05, 4.69) is 40.0 Å². The largest absolute Gasteiger partial charge is 0.415 e. The van der Waals surface area contributed by atoms with Gasteiger partial charge >= 0.3 is 17.1 Å². The van der Waals surface area contributed by atoms with Crippen LogP contribution >= 0.6 is 0 Å². The summed E-state index contributed by atoms with van der Waals surface area (Å²) in [6, 6.07) is 0. The Morgan fingerprint density at radius 1 is 0.522 bits per heavy atom. The molecule has 0 aromatic heterocycles. The van der Waals surface area contributed by atoms with E-state index < -0.39 is 17.1 Å². The summed E-state index contributed by atoms with van der Waals surface area (Å²) in [7, 11) is -4.08. The summed E-state index contributed by atoms with van der Waals surface area (Å²) in [5, 5.41) is 0. The molecule has 5 heteroatoms. The van der Waals surface area contributed by atoms with Crippen LogP contribution in [-0.2, 0) is 13.0 Å². The molecule has 0 bridgehead atoms. The van der Waals surface area contributed by atoms with E-state index >= 15 is 0 Å². The number of unbranched alkanes of at least 4 members (excludes halogenated alkanes) is 8. The maximum absolute atomic E-state index is 6.28. The summed E-state index contributed by atoms with van der Waals surface area (Å²) in [5.74, 6) is 0. The van der Waals surface area contributed by atoms with Crippen molar-refractivity contribution in [2.45, 2.75) is 104 Å². The molecule has 0 radical (unpaired) electrons. The van der Waals surface area contributed by atoms with E-state index in [0.717, 1.165) is 26.1 Å². The Morgan fingerprint density at radius 2 is 0.913 bits per heavy atom. The summed E-state index contributed by atoms with van der Waals surface area (Å²) in [6.45, 7) is 14.7. The third-order valence-electron chi connectivity index (χ3n) is 3.89. The molecule has 0 amide bonds. The van der Waals surface area contributed by atoms with Crippen molar-refractivity contribution in [3.63, 3.8) is 0 Å². The predicted molar refractivity (Wildman–Crippen MR) is 105 cm³/mol. The van der Waals surface area contributed by atoms with Crippen molar-refractivity contribution in [1.29, 1.82) is 0 Å². The van der Waals surface area contributed by atoms with Gasteiger partial charge in [0, 0.05) is 13.2 Å². The molecule has 0 aliphatic rings. The van der Waals surface area contributed by atoms with E-state index in [1.54, 1.807) is 0 Å². The van der Waals surface area contributed by atoms with Gasteiger partial charge in [-0.15, -0.1) is 0 Å². The van der Waals surface area contributed by atoms with Crippen LogP contribution in [0.2, 0.25) is 26.2 Å². The molecule has 0 aromatic carbocycles. The topological polar surface area (TPSA) is 27.7 Å². The third kappa shape index (κ3) is 15.6. The summed E-state index contributed by atoms with van der Waals surface area (Å²) < 4.78 is 18.3. The molecular weight excluding hydrogens is 320 g/mol. The summed E-state index contributed by atoms with van der Waals surface area (Å²) in [5.41, 5.74) is 0. The Kier molecular flexibility index (Phi) is 13.8. The predicted octanol–water partition coefficient (Wildman–Crippen LogP) is 6.38. The molecule has 0 aromatic rings. The monoisotopic (exact) mass is 362 g/mol. The highest BCUT2D eigenvalue weighted by atomic mass is 28.5. The molecule has 0 saturated heterocycles. The van der Waals surface area contributed by atoms with E-state index in [-0.39, 0.29) is 0 Å². The molecule has 0 aliphatic carbocycles. The van der Waals surface area contributed by atoms with Crippen LogP contribution in [0.25, 0.3) is 0 Å². The Morgan fingerprint density at radius 3 is 1.39 bits per heavy atom. The van der Waals surface area contributed by atoms with E-state index in [1.165, 1.54) is 51.4 Å². The SMILES string of the molecule is CCCCCCCCCCO[Si](C)(C)O[Si](C)(C)OCCCC. The van der Waals surface area contributed by atoms with Crippen LogP contribution in [0, 0.1) is 0 Å². The Labute approximate surface area is 148 Å². The fourth-order valence-electron chi connectivity index (χ4n) is 2.67. The maximum atomic E-state index is 6.28. The van der Waals surface area contributed by atoms with Crippen LogP contribution in [0.4, 0.5) is 0 Å². The lowest BCUT2D eigenvalue weighted by Crippen LogP contribution is -2.48. The van der Waals surface area contributed by atoms with E-state index in [9.17, 15) is 0 Å². The van der Waals surface area contributed by atoms with E-state index in [1.807, 2.05) is 0 Å². The second kappa shape index (κ2) is 13.6. The van der Waals surface area contributed by atoms with Crippen LogP contribution in [0.15, 0.2) is 0 Å². The van der Waals surface area contributed by atoms with Gasteiger partial charge in [-0.25, -0.2) is 0 Å². The first-order chi connectivity index (χ1) is 10.8. The molecule has 23 heavy (non-hydrogen) atoms. The minimum atomic E-state index is -2.05. The first-order valence-electron chi connectivity index (χ1n) is 9.81. The van der Waals surface area contributed by atoms with Gasteiger partial charge in [-0.1, -0.05) is 65.2 Å². The fraction of sp³-hybridized carbons (Fsp3) is 1.00. The Balaban J connectivity index is 3.70. The number of rotatable bonds is 16. The highest BCUT2D eigenvalue weighted by Gasteiger charge is 2.36.